The van der Waals surface area contributed by atoms with Gasteiger partial charge < -0.3 is 21.2 Å². The molecule has 2 aromatic rings. The molecule has 0 aliphatic rings. The number of nitrogens with two attached hydrogens (primary N) is 1. The molecule has 0 aliphatic carbocycles. The average Bonchev–Trinajstić information content (AvgIpc) is 2.92. The van der Waals surface area contributed by atoms with E-state index in [2.05, 4.69) is 20.3 Å². The van der Waals surface area contributed by atoms with Crippen molar-refractivity contribution in [3.63, 3.8) is 0 Å². The second-order valence-corrected chi connectivity index (χ2v) is 14.0. The molecule has 2 amide bonds. The van der Waals surface area contributed by atoms with Gasteiger partial charge in [0.1, 0.15) is 28.2 Å². The van der Waals surface area contributed by atoms with Crippen molar-refractivity contribution in [2.24, 2.45) is 10.7 Å². The molecule has 2 rings (SSSR count). The minimum Gasteiger partial charge on any atom is -0.388 e. The largest absolute Gasteiger partial charge is 0.388 e. The first-order chi connectivity index (χ1) is 19.8. The Labute approximate surface area is 247 Å². The molecule has 0 saturated heterocycles. The van der Waals surface area contributed by atoms with Crippen LogP contribution in [0.1, 0.15) is 37.3 Å². The number of sulfone groups is 1. The lowest BCUT2D eigenvalue weighted by Crippen LogP contribution is -2.56. The summed E-state index contributed by atoms with van der Waals surface area (Å²) in [7, 11) is -7.62. The SMILES string of the molecule is CC(N)=NCCCC(C=O)NC(=O)C(Cc1ccccc1)NC(=O)C(CCS(C)(=O)=O)NS(=O)(=O)Cc1ccccc1. The highest BCUT2D eigenvalue weighted by Gasteiger charge is 2.30. The Morgan fingerprint density at radius 2 is 1.45 bits per heavy atom. The molecule has 0 aromatic heterocycles. The summed E-state index contributed by atoms with van der Waals surface area (Å²) in [6, 6.07) is 13.6. The molecule has 12 nitrogen and oxygen atoms in total. The second kappa shape index (κ2) is 16.7. The number of carbonyl (C=O) groups excluding carboxylic acids is 3. The second-order valence-electron chi connectivity index (χ2n) is 10.0. The lowest BCUT2D eigenvalue weighted by molar-refractivity contribution is -0.130. The molecule has 2 aromatic carbocycles. The highest BCUT2D eigenvalue weighted by molar-refractivity contribution is 7.90. The van der Waals surface area contributed by atoms with Crippen molar-refractivity contribution in [2.75, 3.05) is 18.6 Å². The lowest BCUT2D eigenvalue weighted by atomic mass is 10.0. The predicted molar refractivity (Wildman–Crippen MR) is 162 cm³/mol. The first kappa shape index (κ1) is 34.6. The first-order valence-electron chi connectivity index (χ1n) is 13.4. The van der Waals surface area contributed by atoms with Crippen molar-refractivity contribution in [3.8, 4) is 0 Å². The van der Waals surface area contributed by atoms with E-state index in [0.29, 0.717) is 36.2 Å². The fourth-order valence-electron chi connectivity index (χ4n) is 3.98. The van der Waals surface area contributed by atoms with Gasteiger partial charge in [0.15, 0.2) is 0 Å². The van der Waals surface area contributed by atoms with Crippen LogP contribution >= 0.6 is 0 Å². The van der Waals surface area contributed by atoms with Crippen molar-refractivity contribution in [2.45, 2.75) is 56.5 Å². The molecular weight excluding hydrogens is 582 g/mol. The fraction of sp³-hybridized carbons (Fsp3) is 0.429. The summed E-state index contributed by atoms with van der Waals surface area (Å²) in [5.41, 5.74) is 6.70. The van der Waals surface area contributed by atoms with Crippen LogP contribution in [-0.4, -0.2) is 77.5 Å². The molecule has 0 bridgehead atoms. The number of nitrogens with one attached hydrogen (secondary N) is 3. The third kappa shape index (κ3) is 13.8. The predicted octanol–water partition coefficient (Wildman–Crippen LogP) is 0.478. The van der Waals surface area contributed by atoms with Gasteiger partial charge in [-0.2, -0.15) is 0 Å². The normalized spacial score (nSPS) is 14.4. The molecule has 14 heteroatoms. The van der Waals surface area contributed by atoms with Gasteiger partial charge in [-0.25, -0.2) is 21.6 Å². The summed E-state index contributed by atoms with van der Waals surface area (Å²) in [4.78, 5) is 42.4. The number of nitrogens with zero attached hydrogens (tertiary/aromatic N) is 1. The van der Waals surface area contributed by atoms with E-state index in [1.54, 1.807) is 67.6 Å². The molecule has 5 N–H and O–H groups in total. The molecule has 0 fully saturated rings. The number of benzene rings is 2. The van der Waals surface area contributed by atoms with E-state index in [1.165, 1.54) is 0 Å². The minimum atomic E-state index is -4.08. The quantitative estimate of drug-likeness (QED) is 0.0798. The van der Waals surface area contributed by atoms with Crippen LogP contribution in [0.2, 0.25) is 0 Å². The van der Waals surface area contributed by atoms with Crippen molar-refractivity contribution < 1.29 is 31.2 Å². The van der Waals surface area contributed by atoms with Gasteiger partial charge in [-0.3, -0.25) is 14.6 Å². The van der Waals surface area contributed by atoms with Gasteiger partial charge in [-0.05, 0) is 37.3 Å². The number of rotatable bonds is 18. The molecule has 0 aliphatic heterocycles. The van der Waals surface area contributed by atoms with Crippen LogP contribution in [0.4, 0.5) is 0 Å². The zero-order valence-corrected chi connectivity index (χ0v) is 25.4. The Kier molecular flexibility index (Phi) is 13.8. The van der Waals surface area contributed by atoms with Gasteiger partial charge >= 0.3 is 0 Å². The number of carbonyl (C=O) groups is 3. The number of hydrogen-bond acceptors (Lipinski definition) is 8. The van der Waals surface area contributed by atoms with Crippen LogP contribution in [0.5, 0.6) is 0 Å². The lowest BCUT2D eigenvalue weighted by Gasteiger charge is -2.24. The Bertz CT molecular complexity index is 1410. The molecule has 0 radical (unpaired) electrons. The zero-order chi connectivity index (χ0) is 31.2. The van der Waals surface area contributed by atoms with E-state index in [-0.39, 0.29) is 19.3 Å². The topological polar surface area (TPSA) is 194 Å². The summed E-state index contributed by atoms with van der Waals surface area (Å²) in [5.74, 6) is -2.03. The van der Waals surface area contributed by atoms with E-state index >= 15 is 0 Å². The van der Waals surface area contributed by atoms with Crippen molar-refractivity contribution in [3.05, 3.63) is 71.8 Å². The zero-order valence-electron chi connectivity index (χ0n) is 23.7. The number of sulfonamides is 1. The Balaban J connectivity index is 2.25. The van der Waals surface area contributed by atoms with Crippen LogP contribution in [-0.2, 0) is 46.4 Å². The van der Waals surface area contributed by atoms with Crippen molar-refractivity contribution in [1.29, 1.82) is 0 Å². The third-order valence-electron chi connectivity index (χ3n) is 6.06. The first-order valence-corrected chi connectivity index (χ1v) is 17.1. The van der Waals surface area contributed by atoms with Crippen LogP contribution in [0.25, 0.3) is 0 Å². The number of aliphatic imine (C=N–C) groups is 1. The smallest absolute Gasteiger partial charge is 0.243 e. The van der Waals surface area contributed by atoms with Crippen molar-refractivity contribution in [1.82, 2.24) is 15.4 Å². The van der Waals surface area contributed by atoms with E-state index in [0.717, 1.165) is 6.26 Å². The van der Waals surface area contributed by atoms with E-state index in [1.807, 2.05) is 0 Å². The molecule has 0 heterocycles. The molecule has 42 heavy (non-hydrogen) atoms. The third-order valence-corrected chi connectivity index (χ3v) is 8.39. The summed E-state index contributed by atoms with van der Waals surface area (Å²) < 4.78 is 51.9. The van der Waals surface area contributed by atoms with Gasteiger partial charge in [-0.1, -0.05) is 60.7 Å². The number of amidine groups is 1. The summed E-state index contributed by atoms with van der Waals surface area (Å²) >= 11 is 0. The van der Waals surface area contributed by atoms with Gasteiger partial charge in [0, 0.05) is 19.2 Å². The highest BCUT2D eigenvalue weighted by Crippen LogP contribution is 2.09. The maximum absolute atomic E-state index is 13.4. The highest BCUT2D eigenvalue weighted by atomic mass is 32.2. The van der Waals surface area contributed by atoms with Gasteiger partial charge in [0.05, 0.1) is 23.4 Å². The molecule has 230 valence electrons. The van der Waals surface area contributed by atoms with Crippen molar-refractivity contribution >= 4 is 43.8 Å². The number of amides is 2. The van der Waals surface area contributed by atoms with Crippen LogP contribution < -0.4 is 21.1 Å². The molecule has 3 atom stereocenters. The van der Waals surface area contributed by atoms with Gasteiger partial charge in [0.25, 0.3) is 0 Å². The van der Waals surface area contributed by atoms with E-state index in [9.17, 15) is 31.2 Å². The standard InChI is InChI=1S/C28H39N5O7S2/c1-21(29)30-16-9-14-24(19-34)31-28(36)26(18-22-10-5-3-6-11-22)32-27(35)25(15-17-41(2,37)38)33-42(39,40)20-23-12-7-4-8-13-23/h3-8,10-13,19,24-26,33H,9,14-18,20H2,1-2H3,(H2,29,30)(H,31,36)(H,32,35). The Morgan fingerprint density at radius 3 is 2.00 bits per heavy atom. The van der Waals surface area contributed by atoms with Crippen LogP contribution in [0, 0.1) is 0 Å². The molecule has 0 saturated carbocycles. The summed E-state index contributed by atoms with van der Waals surface area (Å²) in [5, 5.41) is 5.19. The minimum absolute atomic E-state index is 0.0379. The molecular formula is C28H39N5O7S2. The Hall–Kier alpha value is -3.62. The number of aldehydes is 1. The maximum atomic E-state index is 13.4. The summed E-state index contributed by atoms with van der Waals surface area (Å²) in [6.07, 6.45) is 2.02. The Morgan fingerprint density at radius 1 is 0.881 bits per heavy atom. The molecule has 3 unspecified atom stereocenters. The fourth-order valence-corrected chi connectivity index (χ4v) is 6.02. The van der Waals surface area contributed by atoms with Gasteiger partial charge in [0.2, 0.25) is 21.8 Å². The monoisotopic (exact) mass is 621 g/mol. The molecule has 0 spiro atoms. The van der Waals surface area contributed by atoms with Gasteiger partial charge in [-0.15, -0.1) is 0 Å². The summed E-state index contributed by atoms with van der Waals surface area (Å²) in [6.45, 7) is 2.01. The van der Waals surface area contributed by atoms with Crippen LogP contribution in [0.15, 0.2) is 65.7 Å². The number of hydrogen-bond donors (Lipinski definition) is 4. The van der Waals surface area contributed by atoms with Crippen LogP contribution in [0.3, 0.4) is 0 Å². The maximum Gasteiger partial charge on any atom is 0.243 e. The van der Waals surface area contributed by atoms with E-state index < -0.39 is 61.3 Å². The van der Waals surface area contributed by atoms with E-state index in [4.69, 9.17) is 5.73 Å². The average molecular weight is 622 g/mol.